The lowest BCUT2D eigenvalue weighted by Gasteiger charge is -2.38. The Labute approximate surface area is 173 Å². The molecule has 1 aliphatic heterocycles. The van der Waals surface area contributed by atoms with Crippen LogP contribution >= 0.6 is 24.0 Å². The summed E-state index contributed by atoms with van der Waals surface area (Å²) >= 11 is 0. The molecule has 2 aromatic rings. The van der Waals surface area contributed by atoms with Gasteiger partial charge in [-0.3, -0.25) is 4.99 Å². The summed E-state index contributed by atoms with van der Waals surface area (Å²) in [6, 6.07) is 6.63. The second-order valence-electron chi connectivity index (χ2n) is 7.87. The van der Waals surface area contributed by atoms with Crippen LogP contribution in [0.25, 0.3) is 10.9 Å². The zero-order valence-electron chi connectivity index (χ0n) is 16.0. The van der Waals surface area contributed by atoms with Crippen molar-refractivity contribution in [3.05, 3.63) is 35.5 Å². The van der Waals surface area contributed by atoms with Crippen molar-refractivity contribution in [2.45, 2.75) is 46.0 Å². The highest BCUT2D eigenvalue weighted by Crippen LogP contribution is 2.47. The smallest absolute Gasteiger partial charge is 0.193 e. The van der Waals surface area contributed by atoms with E-state index in [1.165, 1.54) is 54.3 Å². The van der Waals surface area contributed by atoms with Crippen molar-refractivity contribution >= 4 is 40.8 Å². The Kier molecular flexibility index (Phi) is 6.15. The Bertz CT molecular complexity index is 775. The highest BCUT2D eigenvalue weighted by atomic mass is 127. The Morgan fingerprint density at radius 1 is 1.31 bits per heavy atom. The normalized spacial score (nSPS) is 18.8. The van der Waals surface area contributed by atoms with Gasteiger partial charge in [0.1, 0.15) is 0 Å². The third-order valence-electron chi connectivity index (χ3n) is 6.05. The number of aromatic amines is 1. The predicted molar refractivity (Wildman–Crippen MR) is 121 cm³/mol. The van der Waals surface area contributed by atoms with Crippen molar-refractivity contribution in [1.29, 1.82) is 0 Å². The van der Waals surface area contributed by atoms with E-state index in [1.807, 2.05) is 0 Å². The topological polar surface area (TPSA) is 43.4 Å². The lowest BCUT2D eigenvalue weighted by molar-refractivity contribution is 0.151. The molecule has 0 unspecified atom stereocenters. The van der Waals surface area contributed by atoms with Gasteiger partial charge in [0.2, 0.25) is 0 Å². The molecule has 2 aliphatic rings. The largest absolute Gasteiger partial charge is 0.361 e. The summed E-state index contributed by atoms with van der Waals surface area (Å²) in [5, 5.41) is 4.84. The number of H-pyrrole nitrogens is 1. The molecule has 4 rings (SSSR count). The first-order valence-electron chi connectivity index (χ1n) is 9.79. The fourth-order valence-electron chi connectivity index (χ4n) is 4.42. The SMILES string of the molecule is CCNC(=NCCc1c[nH]c2cc(C)ccc12)N1CCC2(CCC2)C1.I. The van der Waals surface area contributed by atoms with Gasteiger partial charge in [-0.15, -0.1) is 24.0 Å². The number of aliphatic imine (C=N–C) groups is 1. The van der Waals surface area contributed by atoms with Gasteiger partial charge in [0.25, 0.3) is 0 Å². The van der Waals surface area contributed by atoms with E-state index in [0.29, 0.717) is 5.41 Å². The molecule has 5 heteroatoms. The summed E-state index contributed by atoms with van der Waals surface area (Å²) < 4.78 is 0. The number of benzene rings is 1. The van der Waals surface area contributed by atoms with Crippen molar-refractivity contribution in [3.8, 4) is 0 Å². The predicted octanol–water partition coefficient (Wildman–Crippen LogP) is 4.48. The molecule has 142 valence electrons. The summed E-state index contributed by atoms with van der Waals surface area (Å²) in [7, 11) is 0. The maximum absolute atomic E-state index is 4.94. The number of aryl methyl sites for hydroxylation is 1. The molecule has 1 saturated heterocycles. The van der Waals surface area contributed by atoms with E-state index >= 15 is 0 Å². The molecule has 4 nitrogen and oxygen atoms in total. The number of aromatic nitrogens is 1. The number of hydrogen-bond donors (Lipinski definition) is 2. The summed E-state index contributed by atoms with van der Waals surface area (Å²) in [5.74, 6) is 1.11. The minimum Gasteiger partial charge on any atom is -0.361 e. The van der Waals surface area contributed by atoms with Crippen molar-refractivity contribution in [3.63, 3.8) is 0 Å². The van der Waals surface area contributed by atoms with Gasteiger partial charge in [0, 0.05) is 43.3 Å². The van der Waals surface area contributed by atoms with Crippen LogP contribution in [0.15, 0.2) is 29.4 Å². The van der Waals surface area contributed by atoms with Crippen molar-refractivity contribution in [2.75, 3.05) is 26.2 Å². The summed E-state index contributed by atoms with van der Waals surface area (Å²) in [6.45, 7) is 8.44. The fourth-order valence-corrected chi connectivity index (χ4v) is 4.42. The Hall–Kier alpha value is -1.24. The molecule has 1 aliphatic carbocycles. The molecule has 2 heterocycles. The Balaban J connectivity index is 0.00000196. The molecular weight excluding hydrogens is 435 g/mol. The van der Waals surface area contributed by atoms with Gasteiger partial charge < -0.3 is 15.2 Å². The Morgan fingerprint density at radius 3 is 2.85 bits per heavy atom. The third-order valence-corrected chi connectivity index (χ3v) is 6.05. The van der Waals surface area contributed by atoms with Crippen LogP contribution in [0, 0.1) is 12.3 Å². The molecule has 1 aromatic heterocycles. The van der Waals surface area contributed by atoms with E-state index in [9.17, 15) is 0 Å². The van der Waals surface area contributed by atoms with Crippen LogP contribution in [0.2, 0.25) is 0 Å². The van der Waals surface area contributed by atoms with E-state index < -0.39 is 0 Å². The van der Waals surface area contributed by atoms with Gasteiger partial charge in [0.05, 0.1) is 0 Å². The number of likely N-dealkylation sites (tertiary alicyclic amines) is 1. The van der Waals surface area contributed by atoms with E-state index in [-0.39, 0.29) is 24.0 Å². The van der Waals surface area contributed by atoms with Gasteiger partial charge in [-0.1, -0.05) is 18.6 Å². The van der Waals surface area contributed by atoms with Crippen LogP contribution in [0.4, 0.5) is 0 Å². The number of hydrogen-bond acceptors (Lipinski definition) is 1. The third kappa shape index (κ3) is 3.87. The Morgan fingerprint density at radius 2 is 2.15 bits per heavy atom. The average molecular weight is 466 g/mol. The average Bonchev–Trinajstić information content (AvgIpc) is 3.18. The minimum atomic E-state index is 0. The molecule has 1 aromatic carbocycles. The second-order valence-corrected chi connectivity index (χ2v) is 7.87. The zero-order chi connectivity index (χ0) is 17.3. The molecule has 1 spiro atoms. The molecule has 26 heavy (non-hydrogen) atoms. The number of rotatable bonds is 4. The first kappa shape index (κ1) is 19.5. The van der Waals surface area contributed by atoms with Gasteiger partial charge in [0.15, 0.2) is 5.96 Å². The number of guanidine groups is 1. The van der Waals surface area contributed by atoms with Crippen LogP contribution in [-0.4, -0.2) is 42.0 Å². The van der Waals surface area contributed by atoms with Crippen LogP contribution in [-0.2, 0) is 6.42 Å². The molecule has 0 radical (unpaired) electrons. The maximum Gasteiger partial charge on any atom is 0.193 e. The molecule has 1 saturated carbocycles. The molecule has 0 atom stereocenters. The highest BCUT2D eigenvalue weighted by molar-refractivity contribution is 14.0. The molecule has 2 fully saturated rings. The number of fused-ring (bicyclic) bond motifs is 1. The zero-order valence-corrected chi connectivity index (χ0v) is 18.3. The summed E-state index contributed by atoms with van der Waals surface area (Å²) in [6.07, 6.45) is 8.72. The number of halogens is 1. The van der Waals surface area contributed by atoms with Crippen molar-refractivity contribution < 1.29 is 0 Å². The maximum atomic E-state index is 4.94. The van der Waals surface area contributed by atoms with Gasteiger partial charge in [-0.05, 0) is 62.1 Å². The van der Waals surface area contributed by atoms with E-state index in [0.717, 1.165) is 32.0 Å². The lowest BCUT2D eigenvalue weighted by atomic mass is 9.68. The van der Waals surface area contributed by atoms with Crippen LogP contribution < -0.4 is 5.32 Å². The fraction of sp³-hybridized carbons (Fsp3) is 0.571. The molecule has 2 N–H and O–H groups in total. The lowest BCUT2D eigenvalue weighted by Crippen LogP contribution is -2.42. The second kappa shape index (κ2) is 8.19. The number of nitrogens with one attached hydrogen (secondary N) is 2. The quantitative estimate of drug-likeness (QED) is 0.397. The molecule has 0 amide bonds. The summed E-state index contributed by atoms with van der Waals surface area (Å²) in [5.41, 5.74) is 4.52. The standard InChI is InChI=1S/C21H30N4.HI/c1-3-22-20(25-12-10-21(15-25)8-4-9-21)23-11-7-17-14-24-19-13-16(2)5-6-18(17)19;/h5-6,13-14,24H,3-4,7-12,15H2,1-2H3,(H,22,23);1H. The minimum absolute atomic E-state index is 0. The molecular formula is C21H31IN4. The van der Waals surface area contributed by atoms with E-state index in [4.69, 9.17) is 4.99 Å². The highest BCUT2D eigenvalue weighted by Gasteiger charge is 2.43. The van der Waals surface area contributed by atoms with Gasteiger partial charge in [-0.25, -0.2) is 0 Å². The first-order chi connectivity index (χ1) is 12.2. The first-order valence-corrected chi connectivity index (χ1v) is 9.79. The monoisotopic (exact) mass is 466 g/mol. The summed E-state index contributed by atoms with van der Waals surface area (Å²) in [4.78, 5) is 10.8. The van der Waals surface area contributed by atoms with E-state index in [2.05, 4.69) is 53.4 Å². The van der Waals surface area contributed by atoms with Crippen LogP contribution in [0.1, 0.15) is 43.7 Å². The van der Waals surface area contributed by atoms with Crippen molar-refractivity contribution in [2.24, 2.45) is 10.4 Å². The number of nitrogens with zero attached hydrogens (tertiary/aromatic N) is 2. The van der Waals surface area contributed by atoms with E-state index in [1.54, 1.807) is 0 Å². The molecule has 0 bridgehead atoms. The van der Waals surface area contributed by atoms with Crippen molar-refractivity contribution in [1.82, 2.24) is 15.2 Å². The van der Waals surface area contributed by atoms with Crippen LogP contribution in [0.3, 0.4) is 0 Å². The van der Waals surface area contributed by atoms with Gasteiger partial charge >= 0.3 is 0 Å². The van der Waals surface area contributed by atoms with Crippen LogP contribution in [0.5, 0.6) is 0 Å². The van der Waals surface area contributed by atoms with Gasteiger partial charge in [-0.2, -0.15) is 0 Å².